The number of ether oxygens (including phenoxy) is 2. The molecule has 0 aromatic heterocycles. The maximum absolute atomic E-state index is 5.60. The third-order valence-corrected chi connectivity index (χ3v) is 3.64. The molecule has 22 heavy (non-hydrogen) atoms. The topological polar surface area (TPSA) is 30.5 Å². The predicted octanol–water partition coefficient (Wildman–Crippen LogP) is 3.95. The maximum atomic E-state index is 5.60. The molecule has 1 unspecified atom stereocenters. The molecular formula is C19H25NO2. The molecule has 0 saturated heterocycles. The van der Waals surface area contributed by atoms with Gasteiger partial charge in [-0.3, -0.25) is 0 Å². The van der Waals surface area contributed by atoms with Crippen LogP contribution in [0, 0.1) is 0 Å². The van der Waals surface area contributed by atoms with Gasteiger partial charge >= 0.3 is 0 Å². The Hall–Kier alpha value is -1.84. The third kappa shape index (κ3) is 5.17. The van der Waals surface area contributed by atoms with E-state index < -0.39 is 0 Å². The summed E-state index contributed by atoms with van der Waals surface area (Å²) in [7, 11) is 1.68. The van der Waals surface area contributed by atoms with Crippen LogP contribution in [-0.2, 0) is 11.3 Å². The minimum absolute atomic E-state index is 0.355. The standard InChI is InChI=1S/C19H25NO2/c1-3-19(20-15-16-7-5-4-6-8-16)17-9-11-18(12-10-17)22-14-13-21-2/h4-12,19-20H,3,13-15H2,1-2H3. The fourth-order valence-corrected chi connectivity index (χ4v) is 2.37. The minimum Gasteiger partial charge on any atom is -0.491 e. The van der Waals surface area contributed by atoms with E-state index in [1.165, 1.54) is 11.1 Å². The molecule has 0 radical (unpaired) electrons. The van der Waals surface area contributed by atoms with Crippen LogP contribution < -0.4 is 10.1 Å². The lowest BCUT2D eigenvalue weighted by Gasteiger charge is -2.18. The van der Waals surface area contributed by atoms with E-state index in [0.29, 0.717) is 19.3 Å². The van der Waals surface area contributed by atoms with Gasteiger partial charge in [0.25, 0.3) is 0 Å². The molecule has 3 heteroatoms. The molecule has 0 saturated carbocycles. The Morgan fingerprint density at radius 1 is 0.955 bits per heavy atom. The van der Waals surface area contributed by atoms with E-state index >= 15 is 0 Å². The van der Waals surface area contributed by atoms with Gasteiger partial charge in [-0.05, 0) is 29.7 Å². The Labute approximate surface area is 133 Å². The van der Waals surface area contributed by atoms with E-state index in [2.05, 4.69) is 48.6 Å². The van der Waals surface area contributed by atoms with Crippen molar-refractivity contribution in [3.8, 4) is 5.75 Å². The van der Waals surface area contributed by atoms with Crippen LogP contribution in [0.5, 0.6) is 5.75 Å². The Morgan fingerprint density at radius 3 is 2.32 bits per heavy atom. The van der Waals surface area contributed by atoms with Crippen molar-refractivity contribution in [2.45, 2.75) is 25.9 Å². The van der Waals surface area contributed by atoms with Gasteiger partial charge in [-0.2, -0.15) is 0 Å². The zero-order valence-corrected chi connectivity index (χ0v) is 13.4. The Morgan fingerprint density at radius 2 is 1.68 bits per heavy atom. The van der Waals surface area contributed by atoms with Gasteiger partial charge in [0.15, 0.2) is 0 Å². The second kappa shape index (κ2) is 9.23. The van der Waals surface area contributed by atoms with E-state index in [4.69, 9.17) is 9.47 Å². The van der Waals surface area contributed by atoms with Gasteiger partial charge in [-0.25, -0.2) is 0 Å². The summed E-state index contributed by atoms with van der Waals surface area (Å²) in [6, 6.07) is 19.2. The van der Waals surface area contributed by atoms with Gasteiger partial charge in [0.2, 0.25) is 0 Å². The van der Waals surface area contributed by atoms with Crippen LogP contribution >= 0.6 is 0 Å². The second-order valence-electron chi connectivity index (χ2n) is 5.24. The molecule has 0 bridgehead atoms. The van der Waals surface area contributed by atoms with Gasteiger partial charge in [0, 0.05) is 19.7 Å². The van der Waals surface area contributed by atoms with Gasteiger partial charge < -0.3 is 14.8 Å². The van der Waals surface area contributed by atoms with Crippen LogP contribution in [0.2, 0.25) is 0 Å². The predicted molar refractivity (Wildman–Crippen MR) is 90.1 cm³/mol. The van der Waals surface area contributed by atoms with Crippen molar-refractivity contribution in [1.29, 1.82) is 0 Å². The van der Waals surface area contributed by atoms with Crippen molar-refractivity contribution >= 4 is 0 Å². The lowest BCUT2D eigenvalue weighted by atomic mass is 10.0. The first-order chi connectivity index (χ1) is 10.8. The van der Waals surface area contributed by atoms with Crippen LogP contribution in [0.15, 0.2) is 54.6 Å². The summed E-state index contributed by atoms with van der Waals surface area (Å²) < 4.78 is 10.6. The highest BCUT2D eigenvalue weighted by atomic mass is 16.5. The fourth-order valence-electron chi connectivity index (χ4n) is 2.37. The SMILES string of the molecule is CCC(NCc1ccccc1)c1ccc(OCCOC)cc1. The molecular weight excluding hydrogens is 274 g/mol. The highest BCUT2D eigenvalue weighted by molar-refractivity contribution is 5.29. The zero-order valence-electron chi connectivity index (χ0n) is 13.4. The monoisotopic (exact) mass is 299 g/mol. The normalized spacial score (nSPS) is 12.1. The van der Waals surface area contributed by atoms with Crippen molar-refractivity contribution in [3.05, 3.63) is 65.7 Å². The van der Waals surface area contributed by atoms with Crippen molar-refractivity contribution in [1.82, 2.24) is 5.32 Å². The number of rotatable bonds is 9. The van der Waals surface area contributed by atoms with E-state index in [0.717, 1.165) is 18.7 Å². The fraction of sp³-hybridized carbons (Fsp3) is 0.368. The first kappa shape index (κ1) is 16.5. The minimum atomic E-state index is 0.355. The van der Waals surface area contributed by atoms with E-state index in [1.54, 1.807) is 7.11 Å². The summed E-state index contributed by atoms with van der Waals surface area (Å²) in [5.74, 6) is 0.888. The molecule has 0 spiro atoms. The second-order valence-corrected chi connectivity index (χ2v) is 5.24. The summed E-state index contributed by atoms with van der Waals surface area (Å²) in [5, 5.41) is 3.61. The number of hydrogen-bond donors (Lipinski definition) is 1. The number of nitrogens with one attached hydrogen (secondary N) is 1. The molecule has 0 aliphatic carbocycles. The average Bonchev–Trinajstić information content (AvgIpc) is 2.58. The highest BCUT2D eigenvalue weighted by Gasteiger charge is 2.08. The molecule has 2 aromatic carbocycles. The summed E-state index contributed by atoms with van der Waals surface area (Å²) in [6.45, 7) is 4.27. The molecule has 2 rings (SSSR count). The molecule has 3 nitrogen and oxygen atoms in total. The van der Waals surface area contributed by atoms with Gasteiger partial charge in [-0.15, -0.1) is 0 Å². The van der Waals surface area contributed by atoms with E-state index in [1.807, 2.05) is 18.2 Å². The molecule has 0 aliphatic heterocycles. The summed E-state index contributed by atoms with van der Waals surface area (Å²) in [5.41, 5.74) is 2.60. The quantitative estimate of drug-likeness (QED) is 0.711. The van der Waals surface area contributed by atoms with Crippen molar-refractivity contribution in [2.24, 2.45) is 0 Å². The Kier molecular flexibility index (Phi) is 6.94. The molecule has 0 aliphatic rings. The lowest BCUT2D eigenvalue weighted by Crippen LogP contribution is -2.20. The van der Waals surface area contributed by atoms with Gasteiger partial charge in [-0.1, -0.05) is 49.4 Å². The van der Waals surface area contributed by atoms with Crippen LogP contribution in [0.1, 0.15) is 30.5 Å². The zero-order chi connectivity index (χ0) is 15.6. The van der Waals surface area contributed by atoms with Crippen LogP contribution in [0.3, 0.4) is 0 Å². The van der Waals surface area contributed by atoms with Crippen LogP contribution in [0.25, 0.3) is 0 Å². The summed E-state index contributed by atoms with van der Waals surface area (Å²) >= 11 is 0. The van der Waals surface area contributed by atoms with Crippen LogP contribution in [-0.4, -0.2) is 20.3 Å². The third-order valence-electron chi connectivity index (χ3n) is 3.64. The molecule has 1 atom stereocenters. The molecule has 0 amide bonds. The lowest BCUT2D eigenvalue weighted by molar-refractivity contribution is 0.146. The molecule has 2 aromatic rings. The largest absolute Gasteiger partial charge is 0.491 e. The van der Waals surface area contributed by atoms with Crippen molar-refractivity contribution < 1.29 is 9.47 Å². The number of hydrogen-bond acceptors (Lipinski definition) is 3. The number of methoxy groups -OCH3 is 1. The van der Waals surface area contributed by atoms with Crippen LogP contribution in [0.4, 0.5) is 0 Å². The average molecular weight is 299 g/mol. The van der Waals surface area contributed by atoms with Crippen molar-refractivity contribution in [2.75, 3.05) is 20.3 Å². The molecule has 118 valence electrons. The van der Waals surface area contributed by atoms with E-state index in [9.17, 15) is 0 Å². The van der Waals surface area contributed by atoms with Gasteiger partial charge in [0.05, 0.1) is 6.61 Å². The van der Waals surface area contributed by atoms with Crippen molar-refractivity contribution in [3.63, 3.8) is 0 Å². The number of benzene rings is 2. The highest BCUT2D eigenvalue weighted by Crippen LogP contribution is 2.20. The maximum Gasteiger partial charge on any atom is 0.119 e. The first-order valence-electron chi connectivity index (χ1n) is 7.82. The molecule has 0 heterocycles. The Balaban J connectivity index is 1.90. The first-order valence-corrected chi connectivity index (χ1v) is 7.82. The smallest absolute Gasteiger partial charge is 0.119 e. The molecule has 1 N–H and O–H groups in total. The summed E-state index contributed by atoms with van der Waals surface area (Å²) in [6.07, 6.45) is 1.05. The van der Waals surface area contributed by atoms with E-state index in [-0.39, 0.29) is 0 Å². The summed E-state index contributed by atoms with van der Waals surface area (Å²) in [4.78, 5) is 0. The Bertz CT molecular complexity index is 525. The van der Waals surface area contributed by atoms with Gasteiger partial charge in [0.1, 0.15) is 12.4 Å². The molecule has 0 fully saturated rings.